The van der Waals surface area contributed by atoms with E-state index in [1.54, 1.807) is 6.66 Å². The van der Waals surface area contributed by atoms with Crippen LogP contribution in [0.1, 0.15) is 0 Å². The van der Waals surface area contributed by atoms with Gasteiger partial charge in [-0.3, -0.25) is 11.1 Å². The molecule has 0 bridgehead atoms. The number of nitrogens with two attached hydrogens (primary N) is 2. The Kier molecular flexibility index (Phi) is 7.96. The first kappa shape index (κ1) is 14.2. The molecule has 0 aromatic carbocycles. The van der Waals surface area contributed by atoms with Crippen LogP contribution in [0.15, 0.2) is 0 Å². The Morgan fingerprint density at radius 3 is 2.55 bits per heavy atom. The SMILES string of the molecule is CP(=O)(CCl)CSC(N)=[NH2+].[Cl-]. The van der Waals surface area contributed by atoms with E-state index < -0.39 is 7.14 Å². The first-order chi connectivity index (χ1) is 4.48. The van der Waals surface area contributed by atoms with E-state index in [2.05, 4.69) is 0 Å². The van der Waals surface area contributed by atoms with E-state index in [1.807, 2.05) is 0 Å². The second kappa shape index (κ2) is 6.18. The predicted octanol–water partition coefficient (Wildman–Crippen LogP) is -3.06. The summed E-state index contributed by atoms with van der Waals surface area (Å²) in [5.74, 6) is 0. The van der Waals surface area contributed by atoms with E-state index in [0.717, 1.165) is 0 Å². The quantitative estimate of drug-likeness (QED) is 0.237. The third-order valence-corrected chi connectivity index (χ3v) is 5.81. The maximum atomic E-state index is 11.2. The van der Waals surface area contributed by atoms with Crippen molar-refractivity contribution < 1.29 is 22.4 Å². The van der Waals surface area contributed by atoms with Gasteiger partial charge in [0.05, 0.1) is 11.1 Å². The third kappa shape index (κ3) is 8.54. The fraction of sp³-hybridized carbons (Fsp3) is 0.750. The van der Waals surface area contributed by atoms with Gasteiger partial charge in [0.15, 0.2) is 0 Å². The highest BCUT2D eigenvalue weighted by Gasteiger charge is 2.14. The van der Waals surface area contributed by atoms with Crippen molar-refractivity contribution in [2.24, 2.45) is 5.73 Å². The summed E-state index contributed by atoms with van der Waals surface area (Å²) in [6, 6.07) is 0. The van der Waals surface area contributed by atoms with Crippen LogP contribution < -0.4 is 23.5 Å². The zero-order valence-electron chi connectivity index (χ0n) is 6.09. The monoisotopic (exact) mass is 236 g/mol. The minimum absolute atomic E-state index is 0. The Morgan fingerprint density at radius 2 is 2.27 bits per heavy atom. The van der Waals surface area contributed by atoms with E-state index in [4.69, 9.17) is 22.7 Å². The van der Waals surface area contributed by atoms with E-state index >= 15 is 0 Å². The maximum Gasteiger partial charge on any atom is 0.300 e. The lowest BCUT2D eigenvalue weighted by Gasteiger charge is -2.04. The summed E-state index contributed by atoms with van der Waals surface area (Å²) in [5.41, 5.74) is 5.76. The summed E-state index contributed by atoms with van der Waals surface area (Å²) in [6.45, 7) is 1.63. The van der Waals surface area contributed by atoms with Gasteiger partial charge in [0.25, 0.3) is 5.17 Å². The molecule has 3 nitrogen and oxygen atoms in total. The molecule has 4 N–H and O–H groups in total. The number of hydrogen-bond donors (Lipinski definition) is 2. The van der Waals surface area contributed by atoms with Gasteiger partial charge < -0.3 is 17.0 Å². The fourth-order valence-electron chi connectivity index (χ4n) is 0.246. The molecule has 0 saturated heterocycles. The first-order valence-electron chi connectivity index (χ1n) is 2.60. The van der Waals surface area contributed by atoms with Gasteiger partial charge in [0, 0.05) is 0 Å². The minimum Gasteiger partial charge on any atom is -1.00 e. The number of halogens is 2. The zero-order valence-corrected chi connectivity index (χ0v) is 9.31. The lowest BCUT2D eigenvalue weighted by Crippen LogP contribution is -3.00. The molecule has 0 aliphatic rings. The molecule has 1 atom stereocenters. The van der Waals surface area contributed by atoms with Crippen LogP contribution in [-0.4, -0.2) is 22.9 Å². The Morgan fingerprint density at radius 1 is 1.82 bits per heavy atom. The second-order valence-corrected chi connectivity index (χ2v) is 7.43. The van der Waals surface area contributed by atoms with Crippen LogP contribution in [0.25, 0.3) is 0 Å². The molecule has 0 radical (unpaired) electrons. The van der Waals surface area contributed by atoms with Crippen molar-refractivity contribution in [1.29, 1.82) is 0 Å². The molecule has 0 fully saturated rings. The molecular formula is C4H11Cl2N2OPS. The summed E-state index contributed by atoms with van der Waals surface area (Å²) in [7, 11) is -2.18. The minimum atomic E-state index is -2.18. The summed E-state index contributed by atoms with van der Waals surface area (Å²) < 4.78 is 11.2. The van der Waals surface area contributed by atoms with E-state index in [1.165, 1.54) is 11.8 Å². The largest absolute Gasteiger partial charge is 1.00 e. The van der Waals surface area contributed by atoms with Gasteiger partial charge >= 0.3 is 0 Å². The van der Waals surface area contributed by atoms with E-state index in [0.29, 0.717) is 5.49 Å². The second-order valence-electron chi connectivity index (χ2n) is 2.09. The van der Waals surface area contributed by atoms with Gasteiger partial charge in [-0.25, -0.2) is 0 Å². The Hall–Kier alpha value is 0.630. The summed E-state index contributed by atoms with van der Waals surface area (Å²) >= 11 is 6.60. The van der Waals surface area contributed by atoms with Gasteiger partial charge in [0.2, 0.25) is 0 Å². The Balaban J connectivity index is 0. The van der Waals surface area contributed by atoms with Crippen LogP contribution in [0, 0.1) is 0 Å². The number of hydrogen-bond acceptors (Lipinski definition) is 2. The average Bonchev–Trinajstić information content (AvgIpc) is 1.85. The van der Waals surface area contributed by atoms with Crippen LogP contribution in [-0.2, 0) is 4.57 Å². The molecule has 0 aromatic heterocycles. The van der Waals surface area contributed by atoms with Gasteiger partial charge in [-0.15, -0.1) is 11.6 Å². The molecule has 0 aromatic rings. The van der Waals surface area contributed by atoms with Gasteiger partial charge in [-0.2, -0.15) is 0 Å². The van der Waals surface area contributed by atoms with Crippen LogP contribution in [0.5, 0.6) is 0 Å². The maximum absolute atomic E-state index is 11.2. The summed E-state index contributed by atoms with van der Waals surface area (Å²) in [4.78, 5) is 0. The molecule has 0 rings (SSSR count). The van der Waals surface area contributed by atoms with Crippen molar-refractivity contribution in [3.8, 4) is 0 Å². The van der Waals surface area contributed by atoms with E-state index in [-0.39, 0.29) is 23.2 Å². The van der Waals surface area contributed by atoms with Gasteiger partial charge in [-0.1, -0.05) is 0 Å². The number of amidine groups is 1. The Bertz CT molecular complexity index is 177. The highest BCUT2D eigenvalue weighted by Crippen LogP contribution is 2.44. The molecule has 0 amide bonds. The van der Waals surface area contributed by atoms with Gasteiger partial charge in [-0.05, 0) is 18.4 Å². The molecular weight excluding hydrogens is 226 g/mol. The number of rotatable bonds is 3. The van der Waals surface area contributed by atoms with Crippen molar-refractivity contribution in [2.45, 2.75) is 0 Å². The number of alkyl halides is 1. The molecule has 7 heteroatoms. The topological polar surface area (TPSA) is 68.7 Å². The van der Waals surface area contributed by atoms with Crippen LogP contribution >= 0.6 is 30.5 Å². The highest BCUT2D eigenvalue weighted by molar-refractivity contribution is 8.17. The standard InChI is InChI=1S/C4H10ClN2OPS.ClH/c1-9(8,2-5)3-10-4(6)7;/h2-3H2,1H3,(H3,6,7);1H. The predicted molar refractivity (Wildman–Crippen MR) is 47.8 cm³/mol. The Labute approximate surface area is 81.7 Å². The summed E-state index contributed by atoms with van der Waals surface area (Å²) in [5, 5.41) is 5.39. The molecule has 0 aliphatic carbocycles. The first-order valence-corrected chi connectivity index (χ1v) is 6.64. The zero-order chi connectivity index (χ0) is 8.20. The highest BCUT2D eigenvalue weighted by atomic mass is 35.5. The van der Waals surface area contributed by atoms with Crippen molar-refractivity contribution in [3.05, 3.63) is 0 Å². The number of thioether (sulfide) groups is 1. The van der Waals surface area contributed by atoms with Crippen LogP contribution in [0.3, 0.4) is 0 Å². The lowest BCUT2D eigenvalue weighted by molar-refractivity contribution is -0.110. The van der Waals surface area contributed by atoms with Crippen molar-refractivity contribution in [1.82, 2.24) is 0 Å². The summed E-state index contributed by atoms with van der Waals surface area (Å²) in [6.07, 6.45) is 0. The molecule has 0 saturated carbocycles. The van der Waals surface area contributed by atoms with Crippen LogP contribution in [0.2, 0.25) is 0 Å². The van der Waals surface area contributed by atoms with Gasteiger partial charge in [0.1, 0.15) is 7.14 Å². The molecule has 0 spiro atoms. The molecule has 1 unspecified atom stereocenters. The van der Waals surface area contributed by atoms with Crippen molar-refractivity contribution >= 4 is 35.7 Å². The fourth-order valence-corrected chi connectivity index (χ4v) is 2.83. The average molecular weight is 237 g/mol. The molecule has 68 valence electrons. The molecule has 0 aliphatic heterocycles. The van der Waals surface area contributed by atoms with E-state index in [9.17, 15) is 4.57 Å². The smallest absolute Gasteiger partial charge is 0.300 e. The third-order valence-electron chi connectivity index (χ3n) is 0.757. The molecule has 11 heavy (non-hydrogen) atoms. The lowest BCUT2D eigenvalue weighted by atomic mass is 11.4. The van der Waals surface area contributed by atoms with Crippen LogP contribution in [0.4, 0.5) is 0 Å². The molecule has 0 heterocycles. The van der Waals surface area contributed by atoms with Crippen molar-refractivity contribution in [2.75, 3.05) is 17.8 Å². The normalized spacial score (nSPS) is 14.7. The van der Waals surface area contributed by atoms with Crippen molar-refractivity contribution in [3.63, 3.8) is 0 Å².